The second kappa shape index (κ2) is 5.70. The molecule has 0 aliphatic rings. The third kappa shape index (κ3) is 2.94. The van der Waals surface area contributed by atoms with E-state index in [9.17, 15) is 0 Å². The normalized spacial score (nSPS) is 12.7. The lowest BCUT2D eigenvalue weighted by molar-refractivity contribution is 0.407. The van der Waals surface area contributed by atoms with Gasteiger partial charge in [0.2, 0.25) is 5.89 Å². The lowest BCUT2D eigenvalue weighted by atomic mass is 10.3. The molecule has 104 valence electrons. The molecule has 0 fully saturated rings. The number of nitrogens with one attached hydrogen (secondary N) is 1. The predicted octanol–water partition coefficient (Wildman–Crippen LogP) is 1.70. The minimum Gasteiger partial charge on any atom is -0.459 e. The average molecular weight is 273 g/mol. The summed E-state index contributed by atoms with van der Waals surface area (Å²) < 4.78 is 12.6. The van der Waals surface area contributed by atoms with Gasteiger partial charge in [0.1, 0.15) is 0 Å². The SMILES string of the molecule is C[C@H](Cn1cccn1)NCc1nnc(-c2ccco2)o1. The van der Waals surface area contributed by atoms with Gasteiger partial charge in [-0.2, -0.15) is 5.10 Å². The van der Waals surface area contributed by atoms with Crippen molar-refractivity contribution in [1.29, 1.82) is 0 Å². The molecule has 7 heteroatoms. The van der Waals surface area contributed by atoms with Crippen LogP contribution in [0.2, 0.25) is 0 Å². The molecule has 0 radical (unpaired) electrons. The molecule has 1 atom stereocenters. The van der Waals surface area contributed by atoms with Crippen molar-refractivity contribution >= 4 is 0 Å². The van der Waals surface area contributed by atoms with E-state index < -0.39 is 0 Å². The van der Waals surface area contributed by atoms with Crippen molar-refractivity contribution in [3.63, 3.8) is 0 Å². The Kier molecular flexibility index (Phi) is 3.60. The minimum absolute atomic E-state index is 0.244. The maximum Gasteiger partial charge on any atom is 0.283 e. The van der Waals surface area contributed by atoms with Crippen LogP contribution in [0, 0.1) is 0 Å². The van der Waals surface area contributed by atoms with Crippen LogP contribution in [0.25, 0.3) is 11.7 Å². The van der Waals surface area contributed by atoms with Gasteiger partial charge < -0.3 is 14.2 Å². The van der Waals surface area contributed by atoms with E-state index in [0.29, 0.717) is 24.1 Å². The molecule has 0 aliphatic heterocycles. The van der Waals surface area contributed by atoms with Crippen molar-refractivity contribution in [2.75, 3.05) is 0 Å². The van der Waals surface area contributed by atoms with Crippen molar-refractivity contribution in [3.8, 4) is 11.7 Å². The van der Waals surface area contributed by atoms with Crippen LogP contribution in [0.5, 0.6) is 0 Å². The molecule has 3 rings (SSSR count). The smallest absolute Gasteiger partial charge is 0.283 e. The Morgan fingerprint density at radius 2 is 2.30 bits per heavy atom. The quantitative estimate of drug-likeness (QED) is 0.736. The Labute approximate surface area is 115 Å². The van der Waals surface area contributed by atoms with Gasteiger partial charge in [0.05, 0.1) is 19.4 Å². The molecule has 0 unspecified atom stereocenters. The van der Waals surface area contributed by atoms with E-state index in [1.807, 2.05) is 16.9 Å². The fourth-order valence-electron chi connectivity index (χ4n) is 1.84. The third-order valence-corrected chi connectivity index (χ3v) is 2.82. The van der Waals surface area contributed by atoms with Gasteiger partial charge in [0.15, 0.2) is 5.76 Å². The monoisotopic (exact) mass is 273 g/mol. The topological polar surface area (TPSA) is 81.9 Å². The van der Waals surface area contributed by atoms with Crippen LogP contribution in [0.3, 0.4) is 0 Å². The maximum absolute atomic E-state index is 5.51. The summed E-state index contributed by atoms with van der Waals surface area (Å²) >= 11 is 0. The van der Waals surface area contributed by atoms with Crippen LogP contribution >= 0.6 is 0 Å². The molecule has 20 heavy (non-hydrogen) atoms. The van der Waals surface area contributed by atoms with Crippen molar-refractivity contribution in [2.45, 2.75) is 26.1 Å². The molecule has 3 aromatic heterocycles. The fourth-order valence-corrected chi connectivity index (χ4v) is 1.84. The molecule has 3 heterocycles. The molecule has 0 aliphatic carbocycles. The molecule has 0 aromatic carbocycles. The molecule has 0 spiro atoms. The molecule has 0 saturated carbocycles. The lowest BCUT2D eigenvalue weighted by Gasteiger charge is -2.11. The van der Waals surface area contributed by atoms with E-state index in [2.05, 4.69) is 27.5 Å². The summed E-state index contributed by atoms with van der Waals surface area (Å²) in [6.45, 7) is 3.37. The predicted molar refractivity (Wildman–Crippen MR) is 70.5 cm³/mol. The second-order valence-corrected chi connectivity index (χ2v) is 4.49. The van der Waals surface area contributed by atoms with Gasteiger partial charge in [-0.1, -0.05) is 0 Å². The zero-order valence-electron chi connectivity index (χ0n) is 11.1. The number of hydrogen-bond donors (Lipinski definition) is 1. The van der Waals surface area contributed by atoms with Crippen molar-refractivity contribution in [2.24, 2.45) is 0 Å². The van der Waals surface area contributed by atoms with Gasteiger partial charge in [0, 0.05) is 18.4 Å². The summed E-state index contributed by atoms with van der Waals surface area (Å²) in [5.41, 5.74) is 0. The third-order valence-electron chi connectivity index (χ3n) is 2.82. The highest BCUT2D eigenvalue weighted by Gasteiger charge is 2.11. The van der Waals surface area contributed by atoms with Crippen molar-refractivity contribution in [3.05, 3.63) is 42.7 Å². The first-order valence-corrected chi connectivity index (χ1v) is 6.38. The zero-order chi connectivity index (χ0) is 13.8. The van der Waals surface area contributed by atoms with Gasteiger partial charge in [-0.3, -0.25) is 4.68 Å². The van der Waals surface area contributed by atoms with Gasteiger partial charge in [0.25, 0.3) is 5.89 Å². The molecule has 1 N–H and O–H groups in total. The average Bonchev–Trinajstić information content (AvgIpc) is 3.18. The Bertz CT molecular complexity index is 630. The number of hydrogen-bond acceptors (Lipinski definition) is 6. The maximum atomic E-state index is 5.51. The molecule has 3 aromatic rings. The van der Waals surface area contributed by atoms with Gasteiger partial charge >= 0.3 is 0 Å². The second-order valence-electron chi connectivity index (χ2n) is 4.49. The molecule has 0 saturated heterocycles. The van der Waals surface area contributed by atoms with Crippen LogP contribution in [0.1, 0.15) is 12.8 Å². The number of nitrogens with zero attached hydrogens (tertiary/aromatic N) is 4. The molecule has 0 amide bonds. The zero-order valence-corrected chi connectivity index (χ0v) is 11.1. The summed E-state index contributed by atoms with van der Waals surface area (Å²) in [5.74, 6) is 1.50. The molecule has 7 nitrogen and oxygen atoms in total. The first kappa shape index (κ1) is 12.6. The number of aromatic nitrogens is 4. The van der Waals surface area contributed by atoms with E-state index in [0.717, 1.165) is 6.54 Å². The largest absolute Gasteiger partial charge is 0.459 e. The summed E-state index contributed by atoms with van der Waals surface area (Å²) in [4.78, 5) is 0. The van der Waals surface area contributed by atoms with Gasteiger partial charge in [-0.25, -0.2) is 0 Å². The molecule has 0 bridgehead atoms. The fraction of sp³-hybridized carbons (Fsp3) is 0.308. The van der Waals surface area contributed by atoms with E-state index in [1.54, 1.807) is 24.6 Å². The molecular weight excluding hydrogens is 258 g/mol. The highest BCUT2D eigenvalue weighted by atomic mass is 16.4. The summed E-state index contributed by atoms with van der Waals surface area (Å²) in [6, 6.07) is 5.71. The highest BCUT2D eigenvalue weighted by Crippen LogP contribution is 2.17. The number of rotatable bonds is 6. The lowest BCUT2D eigenvalue weighted by Crippen LogP contribution is -2.30. The number of furan rings is 1. The van der Waals surface area contributed by atoms with Crippen LogP contribution in [0.4, 0.5) is 0 Å². The van der Waals surface area contributed by atoms with Gasteiger partial charge in [-0.05, 0) is 25.1 Å². The summed E-state index contributed by atoms with van der Waals surface area (Å²) in [7, 11) is 0. The Hall–Kier alpha value is -2.41. The Morgan fingerprint density at radius 1 is 1.35 bits per heavy atom. The van der Waals surface area contributed by atoms with E-state index in [-0.39, 0.29) is 6.04 Å². The van der Waals surface area contributed by atoms with Crippen LogP contribution in [-0.2, 0) is 13.1 Å². The van der Waals surface area contributed by atoms with Crippen LogP contribution in [0.15, 0.2) is 45.7 Å². The summed E-state index contributed by atoms with van der Waals surface area (Å²) in [5, 5.41) is 15.4. The van der Waals surface area contributed by atoms with Crippen molar-refractivity contribution in [1.82, 2.24) is 25.3 Å². The highest BCUT2D eigenvalue weighted by molar-refractivity contribution is 5.42. The van der Waals surface area contributed by atoms with Crippen LogP contribution < -0.4 is 5.32 Å². The summed E-state index contributed by atoms with van der Waals surface area (Å²) in [6.07, 6.45) is 5.27. The first-order chi connectivity index (χ1) is 9.81. The van der Waals surface area contributed by atoms with E-state index >= 15 is 0 Å². The first-order valence-electron chi connectivity index (χ1n) is 6.38. The standard InChI is InChI=1S/C13H15N5O2/c1-10(9-18-6-3-5-15-18)14-8-12-16-17-13(20-12)11-4-2-7-19-11/h2-7,10,14H,8-9H2,1H3/t10-/m1/s1. The molecular formula is C13H15N5O2. The van der Waals surface area contributed by atoms with Crippen LogP contribution in [-0.4, -0.2) is 26.0 Å². The van der Waals surface area contributed by atoms with E-state index in [1.165, 1.54) is 0 Å². The minimum atomic E-state index is 0.244. The Morgan fingerprint density at radius 3 is 3.05 bits per heavy atom. The van der Waals surface area contributed by atoms with Crippen molar-refractivity contribution < 1.29 is 8.83 Å². The van der Waals surface area contributed by atoms with Gasteiger partial charge in [-0.15, -0.1) is 10.2 Å². The van der Waals surface area contributed by atoms with E-state index in [4.69, 9.17) is 8.83 Å². The Balaban J connectivity index is 1.53.